The molecule has 0 unspecified atom stereocenters. The van der Waals surface area contributed by atoms with Gasteiger partial charge in [-0.2, -0.15) is 0 Å². The number of hydrogen-bond donors (Lipinski definition) is 2. The molecule has 12 heavy (non-hydrogen) atoms. The SMILES string of the molecule is CCc1cccc(NC(N)=O)n1. The molecule has 1 rings (SSSR count). The molecule has 0 aliphatic heterocycles. The summed E-state index contributed by atoms with van der Waals surface area (Å²) >= 11 is 0. The lowest BCUT2D eigenvalue weighted by atomic mass is 10.3. The van der Waals surface area contributed by atoms with Crippen molar-refractivity contribution in [3.8, 4) is 0 Å². The Balaban J connectivity index is 2.79. The Bertz CT molecular complexity index is 285. The average Bonchev–Trinajstić information content (AvgIpc) is 2.03. The lowest BCUT2D eigenvalue weighted by molar-refractivity contribution is 0.259. The summed E-state index contributed by atoms with van der Waals surface area (Å²) in [7, 11) is 0. The fourth-order valence-corrected chi connectivity index (χ4v) is 0.872. The Kier molecular flexibility index (Phi) is 2.63. The number of pyridine rings is 1. The van der Waals surface area contributed by atoms with Gasteiger partial charge in [-0.3, -0.25) is 5.32 Å². The summed E-state index contributed by atoms with van der Waals surface area (Å²) < 4.78 is 0. The van der Waals surface area contributed by atoms with Crippen LogP contribution in [0.15, 0.2) is 18.2 Å². The van der Waals surface area contributed by atoms with Gasteiger partial charge in [-0.1, -0.05) is 13.0 Å². The van der Waals surface area contributed by atoms with E-state index in [-0.39, 0.29) is 0 Å². The maximum absolute atomic E-state index is 10.4. The molecule has 0 aromatic carbocycles. The van der Waals surface area contributed by atoms with E-state index in [1.54, 1.807) is 6.07 Å². The van der Waals surface area contributed by atoms with E-state index in [1.807, 2.05) is 19.1 Å². The fourth-order valence-electron chi connectivity index (χ4n) is 0.872. The monoisotopic (exact) mass is 165 g/mol. The van der Waals surface area contributed by atoms with Crippen molar-refractivity contribution in [1.82, 2.24) is 4.98 Å². The van der Waals surface area contributed by atoms with E-state index in [1.165, 1.54) is 0 Å². The molecule has 4 heteroatoms. The van der Waals surface area contributed by atoms with Crippen molar-refractivity contribution in [1.29, 1.82) is 0 Å². The Morgan fingerprint density at radius 2 is 2.42 bits per heavy atom. The molecule has 3 N–H and O–H groups in total. The highest BCUT2D eigenvalue weighted by atomic mass is 16.2. The molecule has 1 heterocycles. The van der Waals surface area contributed by atoms with Crippen molar-refractivity contribution in [2.75, 3.05) is 5.32 Å². The van der Waals surface area contributed by atoms with Crippen LogP contribution in [-0.2, 0) is 6.42 Å². The van der Waals surface area contributed by atoms with Gasteiger partial charge in [0.1, 0.15) is 5.82 Å². The van der Waals surface area contributed by atoms with E-state index >= 15 is 0 Å². The van der Waals surface area contributed by atoms with Gasteiger partial charge in [-0.05, 0) is 18.6 Å². The van der Waals surface area contributed by atoms with Gasteiger partial charge in [0.05, 0.1) is 0 Å². The third-order valence-electron chi connectivity index (χ3n) is 1.42. The van der Waals surface area contributed by atoms with Gasteiger partial charge in [0.25, 0.3) is 0 Å². The summed E-state index contributed by atoms with van der Waals surface area (Å²) in [5.41, 5.74) is 5.86. The summed E-state index contributed by atoms with van der Waals surface area (Å²) in [5.74, 6) is 0.502. The molecule has 0 fully saturated rings. The van der Waals surface area contributed by atoms with Gasteiger partial charge in [-0.15, -0.1) is 0 Å². The van der Waals surface area contributed by atoms with Gasteiger partial charge in [0, 0.05) is 5.69 Å². The van der Waals surface area contributed by atoms with Crippen molar-refractivity contribution in [2.45, 2.75) is 13.3 Å². The van der Waals surface area contributed by atoms with E-state index in [2.05, 4.69) is 10.3 Å². The normalized spacial score (nSPS) is 9.42. The predicted molar refractivity (Wildman–Crippen MR) is 46.8 cm³/mol. The van der Waals surface area contributed by atoms with E-state index in [4.69, 9.17) is 5.73 Å². The zero-order chi connectivity index (χ0) is 8.97. The highest BCUT2D eigenvalue weighted by Crippen LogP contribution is 2.04. The molecule has 2 amide bonds. The number of amides is 2. The minimum atomic E-state index is -0.587. The fraction of sp³-hybridized carbons (Fsp3) is 0.250. The average molecular weight is 165 g/mol. The van der Waals surface area contributed by atoms with Crippen molar-refractivity contribution < 1.29 is 4.79 Å². The summed E-state index contributed by atoms with van der Waals surface area (Å²) in [5, 5.41) is 2.41. The number of aryl methyl sites for hydroxylation is 1. The highest BCUT2D eigenvalue weighted by molar-refractivity contribution is 5.86. The largest absolute Gasteiger partial charge is 0.351 e. The zero-order valence-electron chi connectivity index (χ0n) is 6.87. The first-order valence-electron chi connectivity index (χ1n) is 3.74. The number of nitrogens with zero attached hydrogens (tertiary/aromatic N) is 1. The lowest BCUT2D eigenvalue weighted by Crippen LogP contribution is -2.20. The van der Waals surface area contributed by atoms with Gasteiger partial charge < -0.3 is 5.73 Å². The Morgan fingerprint density at radius 1 is 1.67 bits per heavy atom. The number of primary amides is 1. The quantitative estimate of drug-likeness (QED) is 0.689. The number of carbonyl (C=O) groups excluding carboxylic acids is 1. The van der Waals surface area contributed by atoms with E-state index in [0.717, 1.165) is 12.1 Å². The lowest BCUT2D eigenvalue weighted by Gasteiger charge is -2.01. The van der Waals surface area contributed by atoms with Gasteiger partial charge in [-0.25, -0.2) is 9.78 Å². The molecule has 1 aromatic heterocycles. The molecule has 0 bridgehead atoms. The number of nitrogens with one attached hydrogen (secondary N) is 1. The molecule has 0 saturated carbocycles. The molecule has 4 nitrogen and oxygen atoms in total. The summed E-state index contributed by atoms with van der Waals surface area (Å²) in [6.45, 7) is 2.00. The molecule has 0 saturated heterocycles. The van der Waals surface area contributed by atoms with Crippen molar-refractivity contribution in [2.24, 2.45) is 5.73 Å². The van der Waals surface area contributed by atoms with Crippen LogP contribution in [0.5, 0.6) is 0 Å². The summed E-state index contributed by atoms with van der Waals surface area (Å²) in [6, 6.07) is 4.84. The van der Waals surface area contributed by atoms with E-state index < -0.39 is 6.03 Å². The first-order valence-corrected chi connectivity index (χ1v) is 3.74. The van der Waals surface area contributed by atoms with Crippen LogP contribution >= 0.6 is 0 Å². The third kappa shape index (κ3) is 2.23. The number of hydrogen-bond acceptors (Lipinski definition) is 2. The zero-order valence-corrected chi connectivity index (χ0v) is 6.87. The van der Waals surface area contributed by atoms with Crippen LogP contribution in [0.4, 0.5) is 10.6 Å². The maximum atomic E-state index is 10.4. The summed E-state index contributed by atoms with van der Waals surface area (Å²) in [4.78, 5) is 14.6. The second-order valence-corrected chi connectivity index (χ2v) is 2.36. The number of nitrogens with two attached hydrogens (primary N) is 1. The van der Waals surface area contributed by atoms with Crippen LogP contribution in [0.3, 0.4) is 0 Å². The second-order valence-electron chi connectivity index (χ2n) is 2.36. The molecule has 64 valence electrons. The maximum Gasteiger partial charge on any atom is 0.317 e. The molecule has 0 atom stereocenters. The number of carbonyl (C=O) groups is 1. The minimum Gasteiger partial charge on any atom is -0.351 e. The van der Waals surface area contributed by atoms with Crippen LogP contribution in [0.2, 0.25) is 0 Å². The standard InChI is InChI=1S/C8H11N3O/c1-2-6-4-3-5-7(10-6)11-8(9)12/h3-5H,2H2,1H3,(H3,9,10,11,12). The van der Waals surface area contributed by atoms with Crippen molar-refractivity contribution in [3.05, 3.63) is 23.9 Å². The Labute approximate surface area is 70.8 Å². The summed E-state index contributed by atoms with van der Waals surface area (Å²) in [6.07, 6.45) is 0.842. The topological polar surface area (TPSA) is 68.0 Å². The molecule has 0 aliphatic rings. The molecule has 0 spiro atoms. The molecule has 0 aliphatic carbocycles. The van der Waals surface area contributed by atoms with Crippen molar-refractivity contribution in [3.63, 3.8) is 0 Å². The van der Waals surface area contributed by atoms with E-state index in [0.29, 0.717) is 5.82 Å². The van der Waals surface area contributed by atoms with Gasteiger partial charge >= 0.3 is 6.03 Å². The smallest absolute Gasteiger partial charge is 0.317 e. The Hall–Kier alpha value is -1.58. The van der Waals surface area contributed by atoms with Crippen LogP contribution in [0.25, 0.3) is 0 Å². The number of urea groups is 1. The first kappa shape index (κ1) is 8.52. The first-order chi connectivity index (χ1) is 5.72. The minimum absolute atomic E-state index is 0.502. The molecular formula is C8H11N3O. The van der Waals surface area contributed by atoms with Crippen LogP contribution in [0, 0.1) is 0 Å². The Morgan fingerprint density at radius 3 is 3.00 bits per heavy atom. The van der Waals surface area contributed by atoms with Crippen molar-refractivity contribution >= 4 is 11.8 Å². The number of rotatable bonds is 2. The van der Waals surface area contributed by atoms with E-state index in [9.17, 15) is 4.79 Å². The van der Waals surface area contributed by atoms with Gasteiger partial charge in [0.2, 0.25) is 0 Å². The number of aromatic nitrogens is 1. The van der Waals surface area contributed by atoms with Crippen LogP contribution < -0.4 is 11.1 Å². The van der Waals surface area contributed by atoms with Crippen LogP contribution in [-0.4, -0.2) is 11.0 Å². The van der Waals surface area contributed by atoms with Gasteiger partial charge in [0.15, 0.2) is 0 Å². The molecule has 0 radical (unpaired) electrons. The predicted octanol–water partition coefficient (Wildman–Crippen LogP) is 1.13. The van der Waals surface area contributed by atoms with Crippen LogP contribution in [0.1, 0.15) is 12.6 Å². The number of anilines is 1. The second kappa shape index (κ2) is 3.71. The molecular weight excluding hydrogens is 154 g/mol. The third-order valence-corrected chi connectivity index (χ3v) is 1.42. The molecule has 1 aromatic rings. The highest BCUT2D eigenvalue weighted by Gasteiger charge is 1.97.